The SMILES string of the molecule is Cn1c2c(c3ccccc31)CC([C@H](N)C(=O)N1CCCC1)CC2. The van der Waals surface area contributed by atoms with Crippen molar-refractivity contribution in [2.45, 2.75) is 38.1 Å². The summed E-state index contributed by atoms with van der Waals surface area (Å²) in [6, 6.07) is 8.22. The van der Waals surface area contributed by atoms with Gasteiger partial charge in [0.15, 0.2) is 0 Å². The Morgan fingerprint density at radius 3 is 2.78 bits per heavy atom. The molecule has 0 bridgehead atoms. The van der Waals surface area contributed by atoms with Crippen LogP contribution in [-0.2, 0) is 24.7 Å². The Morgan fingerprint density at radius 1 is 1.26 bits per heavy atom. The van der Waals surface area contributed by atoms with Crippen molar-refractivity contribution in [1.29, 1.82) is 0 Å². The molecule has 2 atom stereocenters. The highest BCUT2D eigenvalue weighted by atomic mass is 16.2. The van der Waals surface area contributed by atoms with Crippen LogP contribution in [0.2, 0.25) is 0 Å². The Bertz CT molecular complexity index is 742. The van der Waals surface area contributed by atoms with Gasteiger partial charge in [0.1, 0.15) is 0 Å². The normalized spacial score (nSPS) is 22.3. The molecule has 1 unspecified atom stereocenters. The van der Waals surface area contributed by atoms with Crippen LogP contribution in [0.1, 0.15) is 30.5 Å². The van der Waals surface area contributed by atoms with Gasteiger partial charge >= 0.3 is 0 Å². The summed E-state index contributed by atoms with van der Waals surface area (Å²) in [6.07, 6.45) is 5.20. The summed E-state index contributed by atoms with van der Waals surface area (Å²) in [5, 5.41) is 1.33. The summed E-state index contributed by atoms with van der Waals surface area (Å²) in [7, 11) is 2.15. The zero-order chi connectivity index (χ0) is 16.0. The highest BCUT2D eigenvalue weighted by Gasteiger charge is 2.33. The first-order valence-corrected chi connectivity index (χ1v) is 8.76. The molecule has 2 aromatic rings. The van der Waals surface area contributed by atoms with Crippen molar-refractivity contribution in [2.24, 2.45) is 18.7 Å². The van der Waals surface area contributed by atoms with E-state index in [0.29, 0.717) is 0 Å². The van der Waals surface area contributed by atoms with Gasteiger partial charge in [0.05, 0.1) is 6.04 Å². The molecular formula is C19H25N3O. The number of likely N-dealkylation sites (tertiary alicyclic amines) is 1. The van der Waals surface area contributed by atoms with Crippen LogP contribution in [0.25, 0.3) is 10.9 Å². The molecule has 23 heavy (non-hydrogen) atoms. The number of fused-ring (bicyclic) bond motifs is 3. The molecule has 1 aromatic carbocycles. The zero-order valence-corrected chi connectivity index (χ0v) is 13.8. The number of rotatable bonds is 2. The van der Waals surface area contributed by atoms with E-state index in [4.69, 9.17) is 5.73 Å². The predicted octanol–water partition coefficient (Wildman–Crippen LogP) is 2.23. The monoisotopic (exact) mass is 311 g/mol. The Kier molecular flexibility index (Phi) is 3.64. The molecule has 0 spiro atoms. The van der Waals surface area contributed by atoms with Gasteiger partial charge in [-0.3, -0.25) is 4.79 Å². The standard InChI is InChI=1S/C19H25N3O/c1-21-16-7-3-2-6-14(16)15-12-13(8-9-17(15)21)18(20)19(23)22-10-4-5-11-22/h2-3,6-7,13,18H,4-5,8-12,20H2,1H3/t13?,18-/m0/s1. The first kappa shape index (κ1) is 14.8. The average molecular weight is 311 g/mol. The van der Waals surface area contributed by atoms with Crippen LogP contribution in [0.4, 0.5) is 0 Å². The molecule has 122 valence electrons. The van der Waals surface area contributed by atoms with Crippen molar-refractivity contribution in [3.05, 3.63) is 35.5 Å². The maximum atomic E-state index is 12.6. The molecule has 0 saturated carbocycles. The summed E-state index contributed by atoms with van der Waals surface area (Å²) in [5.41, 5.74) is 10.5. The van der Waals surface area contributed by atoms with Gasteiger partial charge in [-0.1, -0.05) is 18.2 Å². The Morgan fingerprint density at radius 2 is 2.00 bits per heavy atom. The lowest BCUT2D eigenvalue weighted by Gasteiger charge is -2.30. The summed E-state index contributed by atoms with van der Waals surface area (Å²) in [6.45, 7) is 1.78. The van der Waals surface area contributed by atoms with Gasteiger partial charge in [0, 0.05) is 36.7 Å². The Hall–Kier alpha value is -1.81. The third kappa shape index (κ3) is 2.36. The molecule has 2 aliphatic rings. The van der Waals surface area contributed by atoms with E-state index < -0.39 is 0 Å². The van der Waals surface area contributed by atoms with Crippen molar-refractivity contribution in [2.75, 3.05) is 13.1 Å². The molecule has 1 fully saturated rings. The number of hydrogen-bond donors (Lipinski definition) is 1. The number of amides is 1. The molecule has 1 aliphatic carbocycles. The van der Waals surface area contributed by atoms with Crippen LogP contribution in [0.3, 0.4) is 0 Å². The van der Waals surface area contributed by atoms with Gasteiger partial charge in [0.25, 0.3) is 0 Å². The number of hydrogen-bond acceptors (Lipinski definition) is 2. The van der Waals surface area contributed by atoms with Crippen LogP contribution in [0, 0.1) is 5.92 Å². The number of nitrogens with zero attached hydrogens (tertiary/aromatic N) is 2. The number of para-hydroxylation sites is 1. The van der Waals surface area contributed by atoms with E-state index in [1.807, 2.05) is 4.90 Å². The van der Waals surface area contributed by atoms with E-state index in [0.717, 1.165) is 45.2 Å². The molecule has 1 saturated heterocycles. The number of carbonyl (C=O) groups is 1. The van der Waals surface area contributed by atoms with E-state index in [1.54, 1.807) is 0 Å². The first-order chi connectivity index (χ1) is 11.2. The Labute approximate surface area is 137 Å². The third-order valence-electron chi connectivity index (χ3n) is 5.77. The van der Waals surface area contributed by atoms with Crippen LogP contribution in [0.5, 0.6) is 0 Å². The van der Waals surface area contributed by atoms with Crippen LogP contribution >= 0.6 is 0 Å². The second-order valence-corrected chi connectivity index (χ2v) is 7.06. The fourth-order valence-corrected chi connectivity index (χ4v) is 4.41. The largest absolute Gasteiger partial charge is 0.347 e. The van der Waals surface area contributed by atoms with E-state index in [1.165, 1.54) is 22.2 Å². The minimum absolute atomic E-state index is 0.163. The Balaban J connectivity index is 1.61. The van der Waals surface area contributed by atoms with E-state index in [2.05, 4.69) is 35.9 Å². The lowest BCUT2D eigenvalue weighted by Crippen LogP contribution is -2.48. The molecule has 4 heteroatoms. The number of nitrogens with two attached hydrogens (primary N) is 1. The average Bonchev–Trinajstić information content (AvgIpc) is 3.22. The van der Waals surface area contributed by atoms with Crippen LogP contribution in [-0.4, -0.2) is 34.5 Å². The third-order valence-corrected chi connectivity index (χ3v) is 5.77. The second-order valence-electron chi connectivity index (χ2n) is 7.06. The molecule has 1 aliphatic heterocycles. The molecule has 1 aromatic heterocycles. The van der Waals surface area contributed by atoms with Gasteiger partial charge in [-0.2, -0.15) is 0 Å². The summed E-state index contributed by atoms with van der Waals surface area (Å²) >= 11 is 0. The molecule has 1 amide bonds. The van der Waals surface area contributed by atoms with Gasteiger partial charge in [-0.15, -0.1) is 0 Å². The van der Waals surface area contributed by atoms with E-state index >= 15 is 0 Å². The summed E-state index contributed by atoms with van der Waals surface area (Å²) in [4.78, 5) is 14.6. The van der Waals surface area contributed by atoms with Crippen molar-refractivity contribution in [3.8, 4) is 0 Å². The predicted molar refractivity (Wildman–Crippen MR) is 92.2 cm³/mol. The van der Waals surface area contributed by atoms with Crippen LogP contribution < -0.4 is 5.73 Å². The highest BCUT2D eigenvalue weighted by molar-refractivity contribution is 5.86. The van der Waals surface area contributed by atoms with Gasteiger partial charge in [-0.25, -0.2) is 0 Å². The molecule has 4 rings (SSSR count). The molecule has 2 heterocycles. The second kappa shape index (κ2) is 5.68. The number of aromatic nitrogens is 1. The minimum Gasteiger partial charge on any atom is -0.347 e. The summed E-state index contributed by atoms with van der Waals surface area (Å²) in [5.74, 6) is 0.428. The zero-order valence-electron chi connectivity index (χ0n) is 13.8. The smallest absolute Gasteiger partial charge is 0.239 e. The summed E-state index contributed by atoms with van der Waals surface area (Å²) < 4.78 is 2.31. The molecule has 0 radical (unpaired) electrons. The van der Waals surface area contributed by atoms with Gasteiger partial charge in [0.2, 0.25) is 5.91 Å². The van der Waals surface area contributed by atoms with Gasteiger partial charge < -0.3 is 15.2 Å². The maximum Gasteiger partial charge on any atom is 0.239 e. The lowest BCUT2D eigenvalue weighted by atomic mass is 9.81. The number of aryl methyl sites for hydroxylation is 1. The maximum absolute atomic E-state index is 12.6. The lowest BCUT2D eigenvalue weighted by molar-refractivity contribution is -0.132. The minimum atomic E-state index is -0.347. The van der Waals surface area contributed by atoms with E-state index in [-0.39, 0.29) is 17.9 Å². The first-order valence-electron chi connectivity index (χ1n) is 8.76. The van der Waals surface area contributed by atoms with Crippen LogP contribution in [0.15, 0.2) is 24.3 Å². The quantitative estimate of drug-likeness (QED) is 0.924. The van der Waals surface area contributed by atoms with Crippen molar-refractivity contribution < 1.29 is 4.79 Å². The fraction of sp³-hybridized carbons (Fsp3) is 0.526. The van der Waals surface area contributed by atoms with Crippen molar-refractivity contribution >= 4 is 16.8 Å². The molecular weight excluding hydrogens is 286 g/mol. The fourth-order valence-electron chi connectivity index (χ4n) is 4.41. The topological polar surface area (TPSA) is 51.3 Å². The highest BCUT2D eigenvalue weighted by Crippen LogP contribution is 2.34. The number of benzene rings is 1. The number of carbonyl (C=O) groups excluding carboxylic acids is 1. The molecule has 2 N–H and O–H groups in total. The molecule has 4 nitrogen and oxygen atoms in total. The van der Waals surface area contributed by atoms with Crippen molar-refractivity contribution in [3.63, 3.8) is 0 Å². The van der Waals surface area contributed by atoms with Gasteiger partial charge in [-0.05, 0) is 49.7 Å². The van der Waals surface area contributed by atoms with Crippen molar-refractivity contribution in [1.82, 2.24) is 9.47 Å². The van der Waals surface area contributed by atoms with E-state index in [9.17, 15) is 4.79 Å².